The van der Waals surface area contributed by atoms with Crippen molar-refractivity contribution in [3.8, 4) is 0 Å². The number of hydrogen-bond acceptors (Lipinski definition) is 3. The fourth-order valence-corrected chi connectivity index (χ4v) is 1.87. The molecule has 1 aromatic rings. The lowest BCUT2D eigenvalue weighted by Gasteiger charge is -2.16. The van der Waals surface area contributed by atoms with Crippen molar-refractivity contribution >= 4 is 0 Å². The lowest BCUT2D eigenvalue weighted by molar-refractivity contribution is 0.490. The van der Waals surface area contributed by atoms with Crippen LogP contribution in [0.5, 0.6) is 0 Å². The van der Waals surface area contributed by atoms with Crippen LogP contribution in [0.2, 0.25) is 0 Å². The monoisotopic (exact) mass is 194 g/mol. The van der Waals surface area contributed by atoms with Gasteiger partial charge in [0.25, 0.3) is 0 Å². The smallest absolute Gasteiger partial charge is 0.0534 e. The van der Waals surface area contributed by atoms with Crippen molar-refractivity contribution < 1.29 is 0 Å². The fraction of sp³-hybridized carbons (Fsp3) is 0.700. The first-order valence-electron chi connectivity index (χ1n) is 5.31. The van der Waals surface area contributed by atoms with Gasteiger partial charge in [-0.25, -0.2) is 0 Å². The molecule has 4 heteroatoms. The number of hydrogen-bond donors (Lipinski definition) is 3. The van der Waals surface area contributed by atoms with Gasteiger partial charge in [-0.05, 0) is 26.3 Å². The largest absolute Gasteiger partial charge is 0.313 e. The molecule has 0 saturated carbocycles. The first kappa shape index (κ1) is 9.68. The highest BCUT2D eigenvalue weighted by Crippen LogP contribution is 2.10. The summed E-state index contributed by atoms with van der Waals surface area (Å²) >= 11 is 0. The zero-order chi connectivity index (χ0) is 9.80. The highest BCUT2D eigenvalue weighted by molar-refractivity contribution is 5.07. The Morgan fingerprint density at radius 2 is 2.64 bits per heavy atom. The van der Waals surface area contributed by atoms with Crippen LogP contribution in [-0.2, 0) is 0 Å². The SMILES string of the molecule is CC(NCC1CCCN1)c1cn[nH]c1. The predicted octanol–water partition coefficient (Wildman–Crippen LogP) is 0.812. The molecule has 0 amide bonds. The zero-order valence-corrected chi connectivity index (χ0v) is 8.59. The van der Waals surface area contributed by atoms with Crippen LogP contribution in [0, 0.1) is 0 Å². The van der Waals surface area contributed by atoms with Crippen molar-refractivity contribution in [3.05, 3.63) is 18.0 Å². The Morgan fingerprint density at radius 1 is 1.71 bits per heavy atom. The number of aromatic nitrogens is 2. The van der Waals surface area contributed by atoms with Crippen molar-refractivity contribution in [2.75, 3.05) is 13.1 Å². The first-order chi connectivity index (χ1) is 6.86. The first-order valence-corrected chi connectivity index (χ1v) is 5.31. The van der Waals surface area contributed by atoms with E-state index in [1.54, 1.807) is 0 Å². The summed E-state index contributed by atoms with van der Waals surface area (Å²) in [5, 5.41) is 13.8. The topological polar surface area (TPSA) is 52.7 Å². The molecule has 1 fully saturated rings. The number of nitrogens with zero attached hydrogens (tertiary/aromatic N) is 1. The molecule has 1 aliphatic heterocycles. The minimum atomic E-state index is 0.385. The van der Waals surface area contributed by atoms with Gasteiger partial charge in [0.1, 0.15) is 0 Å². The van der Waals surface area contributed by atoms with Crippen molar-refractivity contribution in [1.29, 1.82) is 0 Å². The van der Waals surface area contributed by atoms with Crippen LogP contribution >= 0.6 is 0 Å². The summed E-state index contributed by atoms with van der Waals surface area (Å²) in [6.07, 6.45) is 6.43. The van der Waals surface area contributed by atoms with Gasteiger partial charge in [0.05, 0.1) is 6.20 Å². The molecule has 14 heavy (non-hydrogen) atoms. The molecule has 0 aliphatic carbocycles. The standard InChI is InChI=1S/C10H18N4/c1-8(9-5-13-14-6-9)12-7-10-3-2-4-11-10/h5-6,8,10-12H,2-4,7H2,1H3,(H,13,14). The normalized spacial score (nSPS) is 23.9. The highest BCUT2D eigenvalue weighted by Gasteiger charge is 2.14. The Bertz CT molecular complexity index is 251. The zero-order valence-electron chi connectivity index (χ0n) is 8.59. The molecule has 0 radical (unpaired) electrons. The average Bonchev–Trinajstić information content (AvgIpc) is 2.87. The van der Waals surface area contributed by atoms with E-state index < -0.39 is 0 Å². The molecular formula is C10H18N4. The summed E-state index contributed by atoms with van der Waals surface area (Å²) in [6.45, 7) is 4.39. The fourth-order valence-electron chi connectivity index (χ4n) is 1.87. The van der Waals surface area contributed by atoms with Gasteiger partial charge in [0.2, 0.25) is 0 Å². The Hall–Kier alpha value is -0.870. The summed E-state index contributed by atoms with van der Waals surface area (Å²) in [4.78, 5) is 0. The third-order valence-electron chi connectivity index (χ3n) is 2.85. The van der Waals surface area contributed by atoms with Crippen LogP contribution < -0.4 is 10.6 Å². The Morgan fingerprint density at radius 3 is 3.29 bits per heavy atom. The van der Waals surface area contributed by atoms with Gasteiger partial charge in [-0.1, -0.05) is 0 Å². The lowest BCUT2D eigenvalue weighted by atomic mass is 10.1. The van der Waals surface area contributed by atoms with Crippen LogP contribution in [0.4, 0.5) is 0 Å². The van der Waals surface area contributed by atoms with Crippen LogP contribution in [0.1, 0.15) is 31.4 Å². The molecule has 2 rings (SSSR count). The molecule has 3 N–H and O–H groups in total. The van der Waals surface area contributed by atoms with Crippen LogP contribution in [0.15, 0.2) is 12.4 Å². The minimum Gasteiger partial charge on any atom is -0.313 e. The predicted molar refractivity (Wildman–Crippen MR) is 56.0 cm³/mol. The van der Waals surface area contributed by atoms with E-state index in [0.29, 0.717) is 12.1 Å². The van der Waals surface area contributed by atoms with Gasteiger partial charge in [-0.3, -0.25) is 5.10 Å². The van der Waals surface area contributed by atoms with Crippen molar-refractivity contribution in [2.45, 2.75) is 31.8 Å². The van der Waals surface area contributed by atoms with Crippen LogP contribution in [0.25, 0.3) is 0 Å². The molecule has 1 aliphatic rings. The van der Waals surface area contributed by atoms with Gasteiger partial charge in [0, 0.05) is 30.4 Å². The highest BCUT2D eigenvalue weighted by atomic mass is 15.1. The van der Waals surface area contributed by atoms with Crippen molar-refractivity contribution in [3.63, 3.8) is 0 Å². The van der Waals surface area contributed by atoms with E-state index >= 15 is 0 Å². The van der Waals surface area contributed by atoms with Crippen LogP contribution in [0.3, 0.4) is 0 Å². The molecule has 2 heterocycles. The lowest BCUT2D eigenvalue weighted by Crippen LogP contribution is -2.35. The van der Waals surface area contributed by atoms with E-state index in [9.17, 15) is 0 Å². The maximum atomic E-state index is 3.94. The molecular weight excluding hydrogens is 176 g/mol. The third kappa shape index (κ3) is 2.33. The number of nitrogens with one attached hydrogen (secondary N) is 3. The van der Waals surface area contributed by atoms with Gasteiger partial charge in [-0.15, -0.1) is 0 Å². The Balaban J connectivity index is 1.74. The summed E-state index contributed by atoms with van der Waals surface area (Å²) in [5.41, 5.74) is 1.22. The second-order valence-corrected chi connectivity index (χ2v) is 3.95. The number of aromatic amines is 1. The quantitative estimate of drug-likeness (QED) is 0.665. The second-order valence-electron chi connectivity index (χ2n) is 3.95. The summed E-state index contributed by atoms with van der Waals surface area (Å²) in [7, 11) is 0. The molecule has 2 unspecified atom stereocenters. The molecule has 0 spiro atoms. The Labute approximate surface area is 84.5 Å². The molecule has 4 nitrogen and oxygen atoms in total. The van der Waals surface area contributed by atoms with E-state index in [4.69, 9.17) is 0 Å². The average molecular weight is 194 g/mol. The Kier molecular flexibility index (Phi) is 3.16. The van der Waals surface area contributed by atoms with Gasteiger partial charge < -0.3 is 10.6 Å². The van der Waals surface area contributed by atoms with Crippen molar-refractivity contribution in [1.82, 2.24) is 20.8 Å². The summed E-state index contributed by atoms with van der Waals surface area (Å²) < 4.78 is 0. The summed E-state index contributed by atoms with van der Waals surface area (Å²) in [5.74, 6) is 0. The maximum Gasteiger partial charge on any atom is 0.0534 e. The van der Waals surface area contributed by atoms with E-state index in [-0.39, 0.29) is 0 Å². The molecule has 0 bridgehead atoms. The van der Waals surface area contributed by atoms with Gasteiger partial charge in [-0.2, -0.15) is 5.10 Å². The number of rotatable bonds is 4. The van der Waals surface area contributed by atoms with E-state index in [1.165, 1.54) is 24.9 Å². The molecule has 1 saturated heterocycles. The van der Waals surface area contributed by atoms with E-state index in [0.717, 1.165) is 6.54 Å². The molecule has 1 aromatic heterocycles. The summed E-state index contributed by atoms with van der Waals surface area (Å²) in [6, 6.07) is 1.04. The minimum absolute atomic E-state index is 0.385. The molecule has 0 aromatic carbocycles. The van der Waals surface area contributed by atoms with E-state index in [2.05, 4.69) is 27.8 Å². The molecule has 2 atom stereocenters. The van der Waals surface area contributed by atoms with Crippen molar-refractivity contribution in [2.24, 2.45) is 0 Å². The van der Waals surface area contributed by atoms with Gasteiger partial charge in [0.15, 0.2) is 0 Å². The van der Waals surface area contributed by atoms with Crippen LogP contribution in [-0.4, -0.2) is 29.3 Å². The third-order valence-corrected chi connectivity index (χ3v) is 2.85. The molecule has 78 valence electrons. The number of H-pyrrole nitrogens is 1. The maximum absolute atomic E-state index is 3.94. The van der Waals surface area contributed by atoms with Gasteiger partial charge >= 0.3 is 0 Å². The van der Waals surface area contributed by atoms with E-state index in [1.807, 2.05) is 12.4 Å². The second kappa shape index (κ2) is 4.57.